The van der Waals surface area contributed by atoms with Gasteiger partial charge in [0.2, 0.25) is 0 Å². The number of nitrogens with zero attached hydrogens (tertiary/aromatic N) is 6. The van der Waals surface area contributed by atoms with Gasteiger partial charge in [-0.15, -0.1) is 0 Å². The first-order chi connectivity index (χ1) is 18.4. The number of nitrogens with one attached hydrogen (secondary N) is 2. The molecule has 1 saturated heterocycles. The van der Waals surface area contributed by atoms with Crippen LogP contribution in [-0.2, 0) is 17.7 Å². The number of carbonyl (C=O) groups excluding carboxylic acids is 2. The van der Waals surface area contributed by atoms with Gasteiger partial charge in [0.1, 0.15) is 11.6 Å². The molecule has 2 aliphatic rings. The number of hydrogen-bond donors (Lipinski definition) is 2. The Morgan fingerprint density at radius 3 is 2.50 bits per heavy atom. The Morgan fingerprint density at radius 1 is 1.03 bits per heavy atom. The monoisotopic (exact) mass is 516 g/mol. The predicted molar refractivity (Wildman–Crippen MR) is 143 cm³/mol. The number of benzene rings is 1. The zero-order valence-electron chi connectivity index (χ0n) is 22.0. The number of hydrogen-bond acceptors (Lipinski definition) is 8. The summed E-state index contributed by atoms with van der Waals surface area (Å²) >= 11 is 0. The number of amides is 3. The summed E-state index contributed by atoms with van der Waals surface area (Å²) in [7, 11) is 0. The summed E-state index contributed by atoms with van der Waals surface area (Å²) in [5.41, 5.74) is 4.61. The molecule has 5 rings (SSSR count). The highest BCUT2D eigenvalue weighted by Gasteiger charge is 2.29. The van der Waals surface area contributed by atoms with Crippen LogP contribution in [0.25, 0.3) is 11.4 Å². The van der Waals surface area contributed by atoms with Crippen LogP contribution in [0.1, 0.15) is 40.1 Å². The third-order valence-electron chi connectivity index (χ3n) is 6.71. The fraction of sp³-hybridized carbons (Fsp3) is 0.407. The van der Waals surface area contributed by atoms with Gasteiger partial charge < -0.3 is 25.2 Å². The predicted octanol–water partition coefficient (Wildman–Crippen LogP) is 2.73. The molecule has 11 heteroatoms. The van der Waals surface area contributed by atoms with Crippen molar-refractivity contribution >= 4 is 23.4 Å². The highest BCUT2D eigenvalue weighted by Crippen LogP contribution is 2.31. The van der Waals surface area contributed by atoms with E-state index in [4.69, 9.17) is 14.7 Å². The fourth-order valence-electron chi connectivity index (χ4n) is 4.75. The largest absolute Gasteiger partial charge is 0.378 e. The van der Waals surface area contributed by atoms with Gasteiger partial charge >= 0.3 is 6.03 Å². The number of urea groups is 1. The minimum atomic E-state index is -0.251. The number of fused-ring (bicyclic) bond motifs is 1. The van der Waals surface area contributed by atoms with Gasteiger partial charge in [0, 0.05) is 49.2 Å². The molecule has 0 radical (unpaired) electrons. The molecule has 0 spiro atoms. The van der Waals surface area contributed by atoms with Crippen LogP contribution in [0.4, 0.5) is 16.3 Å². The van der Waals surface area contributed by atoms with Crippen molar-refractivity contribution in [2.24, 2.45) is 0 Å². The van der Waals surface area contributed by atoms with Crippen LogP contribution in [0.15, 0.2) is 30.5 Å². The summed E-state index contributed by atoms with van der Waals surface area (Å²) in [6.45, 7) is 9.80. The van der Waals surface area contributed by atoms with Crippen LogP contribution in [0.2, 0.25) is 0 Å². The molecule has 1 aromatic carbocycles. The molecule has 0 aliphatic carbocycles. The molecule has 0 unspecified atom stereocenters. The van der Waals surface area contributed by atoms with Crippen molar-refractivity contribution < 1.29 is 14.3 Å². The zero-order valence-corrected chi connectivity index (χ0v) is 22.0. The second kappa shape index (κ2) is 11.1. The SMILES string of the molecule is CCNC(=O)Nc1ccc(-c2nc3c(c(N4CCOCC4)n2)CCN(C(=O)c2cnc(C)nc2C)C3)cc1. The Hall–Kier alpha value is -4.12. The van der Waals surface area contributed by atoms with E-state index in [-0.39, 0.29) is 11.9 Å². The van der Waals surface area contributed by atoms with Crippen LogP contribution in [0, 0.1) is 13.8 Å². The molecular formula is C27H32N8O3. The van der Waals surface area contributed by atoms with E-state index in [1.165, 1.54) is 0 Å². The van der Waals surface area contributed by atoms with Crippen molar-refractivity contribution in [3.8, 4) is 11.4 Å². The molecule has 0 bridgehead atoms. The summed E-state index contributed by atoms with van der Waals surface area (Å²) in [5.74, 6) is 2.03. The third-order valence-corrected chi connectivity index (χ3v) is 6.71. The Bertz CT molecular complexity index is 1340. The molecule has 198 valence electrons. The number of carbonyl (C=O) groups is 2. The summed E-state index contributed by atoms with van der Waals surface area (Å²) in [6, 6.07) is 7.20. The van der Waals surface area contributed by atoms with E-state index in [2.05, 4.69) is 25.5 Å². The van der Waals surface area contributed by atoms with Crippen LogP contribution >= 0.6 is 0 Å². The van der Waals surface area contributed by atoms with Gasteiger partial charge in [0.15, 0.2) is 5.82 Å². The number of aryl methyl sites for hydroxylation is 2. The Balaban J connectivity index is 1.46. The lowest BCUT2D eigenvalue weighted by Gasteiger charge is -2.34. The maximum absolute atomic E-state index is 13.4. The Kier molecular flexibility index (Phi) is 7.45. The molecule has 0 saturated carbocycles. The molecule has 0 atom stereocenters. The minimum Gasteiger partial charge on any atom is -0.378 e. The summed E-state index contributed by atoms with van der Waals surface area (Å²) in [6.07, 6.45) is 2.27. The first-order valence-electron chi connectivity index (χ1n) is 12.9. The molecule has 11 nitrogen and oxygen atoms in total. The molecule has 4 heterocycles. The van der Waals surface area contributed by atoms with Gasteiger partial charge in [-0.05, 0) is 51.5 Å². The third kappa shape index (κ3) is 5.42. The normalized spacial score (nSPS) is 15.1. The number of anilines is 2. The van der Waals surface area contributed by atoms with Gasteiger partial charge in [-0.3, -0.25) is 4.79 Å². The van der Waals surface area contributed by atoms with Gasteiger partial charge in [-0.1, -0.05) is 0 Å². The van der Waals surface area contributed by atoms with E-state index in [1.54, 1.807) is 6.20 Å². The first-order valence-corrected chi connectivity index (χ1v) is 12.9. The van der Waals surface area contributed by atoms with E-state index in [0.717, 1.165) is 35.7 Å². The summed E-state index contributed by atoms with van der Waals surface area (Å²) in [4.78, 5) is 47.8. The number of morpholine rings is 1. The standard InChI is InChI=1S/C27H32N8O3/c1-4-28-27(37)31-20-7-5-19(6-8-20)24-32-23-16-35(26(36)22-15-29-18(3)30-17(22)2)10-9-21(23)25(33-24)34-11-13-38-14-12-34/h5-8,15H,4,9-14,16H2,1-3H3,(H2,28,31,37). The van der Waals surface area contributed by atoms with Crippen molar-refractivity contribution in [1.82, 2.24) is 30.2 Å². The Morgan fingerprint density at radius 2 is 1.79 bits per heavy atom. The highest BCUT2D eigenvalue weighted by molar-refractivity contribution is 5.95. The van der Waals surface area contributed by atoms with Crippen LogP contribution in [-0.4, -0.2) is 76.2 Å². The molecule has 2 aromatic heterocycles. The van der Waals surface area contributed by atoms with Crippen LogP contribution in [0.5, 0.6) is 0 Å². The lowest BCUT2D eigenvalue weighted by molar-refractivity contribution is 0.0730. The zero-order chi connectivity index (χ0) is 26.6. The topological polar surface area (TPSA) is 125 Å². The number of ether oxygens (including phenoxy) is 1. The number of aromatic nitrogens is 4. The summed E-state index contributed by atoms with van der Waals surface area (Å²) in [5, 5.41) is 5.53. The lowest BCUT2D eigenvalue weighted by Crippen LogP contribution is -2.41. The Labute approximate surface area is 221 Å². The maximum atomic E-state index is 13.4. The maximum Gasteiger partial charge on any atom is 0.319 e. The highest BCUT2D eigenvalue weighted by atomic mass is 16.5. The van der Waals surface area contributed by atoms with E-state index >= 15 is 0 Å². The lowest BCUT2D eigenvalue weighted by atomic mass is 10.0. The first kappa shape index (κ1) is 25.5. The van der Waals surface area contributed by atoms with Gasteiger partial charge in [0.05, 0.1) is 36.7 Å². The van der Waals surface area contributed by atoms with Gasteiger partial charge in [-0.2, -0.15) is 0 Å². The van der Waals surface area contributed by atoms with Crippen molar-refractivity contribution in [2.45, 2.75) is 33.7 Å². The second-order valence-electron chi connectivity index (χ2n) is 9.35. The molecule has 3 aromatic rings. The van der Waals surface area contributed by atoms with E-state index in [9.17, 15) is 9.59 Å². The average molecular weight is 517 g/mol. The van der Waals surface area contributed by atoms with Crippen molar-refractivity contribution in [3.63, 3.8) is 0 Å². The smallest absolute Gasteiger partial charge is 0.319 e. The van der Waals surface area contributed by atoms with Crippen molar-refractivity contribution in [3.05, 3.63) is 58.8 Å². The quantitative estimate of drug-likeness (QED) is 0.530. The minimum absolute atomic E-state index is 0.0954. The molecule has 2 N–H and O–H groups in total. The molecule has 38 heavy (non-hydrogen) atoms. The number of rotatable bonds is 5. The molecule has 1 fully saturated rings. The second-order valence-corrected chi connectivity index (χ2v) is 9.35. The van der Waals surface area contributed by atoms with E-state index < -0.39 is 0 Å². The molecular weight excluding hydrogens is 484 g/mol. The van der Waals surface area contributed by atoms with Gasteiger partial charge in [0.25, 0.3) is 5.91 Å². The van der Waals surface area contributed by atoms with Crippen LogP contribution < -0.4 is 15.5 Å². The van der Waals surface area contributed by atoms with E-state index in [1.807, 2.05) is 49.9 Å². The summed E-state index contributed by atoms with van der Waals surface area (Å²) < 4.78 is 5.57. The van der Waals surface area contributed by atoms with Gasteiger partial charge in [-0.25, -0.2) is 24.7 Å². The van der Waals surface area contributed by atoms with E-state index in [0.29, 0.717) is 67.9 Å². The van der Waals surface area contributed by atoms with Crippen molar-refractivity contribution in [2.75, 3.05) is 49.6 Å². The van der Waals surface area contributed by atoms with Crippen molar-refractivity contribution in [1.29, 1.82) is 0 Å². The fourth-order valence-corrected chi connectivity index (χ4v) is 4.75. The average Bonchev–Trinajstić information content (AvgIpc) is 2.93. The molecule has 2 aliphatic heterocycles. The van der Waals surface area contributed by atoms with Crippen LogP contribution in [0.3, 0.4) is 0 Å². The molecule has 3 amide bonds.